The highest BCUT2D eigenvalue weighted by Gasteiger charge is 2.24. The molecule has 0 bridgehead atoms. The molecule has 1 aromatic heterocycles. The summed E-state index contributed by atoms with van der Waals surface area (Å²) in [6, 6.07) is 6.69. The summed E-state index contributed by atoms with van der Waals surface area (Å²) < 4.78 is 22.9. The third kappa shape index (κ3) is 3.81. The maximum atomic E-state index is 12.6. The van der Waals surface area contributed by atoms with Crippen LogP contribution in [-0.4, -0.2) is 48.8 Å². The summed E-state index contributed by atoms with van der Waals surface area (Å²) in [5, 5.41) is 1.45. The van der Waals surface area contributed by atoms with E-state index in [1.165, 1.54) is 6.26 Å². The number of hydrogen-bond acceptors (Lipinski definition) is 3. The predicted molar refractivity (Wildman–Crippen MR) is 89.2 cm³/mol. The lowest BCUT2D eigenvalue weighted by molar-refractivity contribution is 0.0714. The first-order chi connectivity index (χ1) is 10.2. The van der Waals surface area contributed by atoms with Crippen LogP contribution in [0.15, 0.2) is 24.3 Å². The Morgan fingerprint density at radius 2 is 2.05 bits per heavy atom. The number of aromatic nitrogens is 1. The van der Waals surface area contributed by atoms with E-state index in [9.17, 15) is 13.2 Å². The number of fused-ring (bicyclic) bond motifs is 1. The molecule has 2 rings (SSSR count). The maximum Gasteiger partial charge on any atom is 0.270 e. The molecule has 1 atom stereocenters. The monoisotopic (exact) mass is 342 g/mol. The number of halogens is 1. The second-order valence-corrected chi connectivity index (χ2v) is 8.07. The molecule has 1 N–H and O–H groups in total. The fourth-order valence-electron chi connectivity index (χ4n) is 2.56. The summed E-state index contributed by atoms with van der Waals surface area (Å²) in [5.41, 5.74) is 1.25. The van der Waals surface area contributed by atoms with E-state index in [1.807, 2.05) is 13.0 Å². The van der Waals surface area contributed by atoms with E-state index in [0.717, 1.165) is 10.9 Å². The summed E-state index contributed by atoms with van der Waals surface area (Å²) in [6.45, 7) is 4.00. The number of H-pyrrole nitrogens is 1. The van der Waals surface area contributed by atoms with Gasteiger partial charge in [0.2, 0.25) is 0 Å². The third-order valence-electron chi connectivity index (χ3n) is 3.49. The van der Waals surface area contributed by atoms with Crippen molar-refractivity contribution in [1.29, 1.82) is 0 Å². The highest BCUT2D eigenvalue weighted by molar-refractivity contribution is 7.90. The number of nitrogens with one attached hydrogen (secondary N) is 1. The van der Waals surface area contributed by atoms with Crippen molar-refractivity contribution in [3.05, 3.63) is 35.0 Å². The van der Waals surface area contributed by atoms with Gasteiger partial charge in [0.15, 0.2) is 0 Å². The van der Waals surface area contributed by atoms with E-state index in [0.29, 0.717) is 17.3 Å². The van der Waals surface area contributed by atoms with Crippen LogP contribution in [0.5, 0.6) is 0 Å². The summed E-state index contributed by atoms with van der Waals surface area (Å²) >= 11 is 5.94. The van der Waals surface area contributed by atoms with E-state index in [1.54, 1.807) is 30.0 Å². The van der Waals surface area contributed by atoms with Gasteiger partial charge in [0.05, 0.1) is 5.75 Å². The smallest absolute Gasteiger partial charge is 0.270 e. The maximum absolute atomic E-state index is 12.6. The van der Waals surface area contributed by atoms with Gasteiger partial charge in [-0.25, -0.2) is 8.42 Å². The quantitative estimate of drug-likeness (QED) is 0.908. The topological polar surface area (TPSA) is 70.2 Å². The van der Waals surface area contributed by atoms with Crippen molar-refractivity contribution < 1.29 is 13.2 Å². The molecule has 0 aliphatic heterocycles. The lowest BCUT2D eigenvalue weighted by Gasteiger charge is -2.27. The van der Waals surface area contributed by atoms with Gasteiger partial charge in [-0.3, -0.25) is 4.79 Å². The molecule has 22 heavy (non-hydrogen) atoms. The highest BCUT2D eigenvalue weighted by Crippen LogP contribution is 2.21. The van der Waals surface area contributed by atoms with E-state index in [2.05, 4.69) is 4.98 Å². The second-order valence-electron chi connectivity index (χ2n) is 5.45. The Labute approximate surface area is 135 Å². The number of benzene rings is 1. The minimum atomic E-state index is -3.15. The molecule has 0 aliphatic carbocycles. The third-order valence-corrected chi connectivity index (χ3v) is 4.81. The van der Waals surface area contributed by atoms with Crippen LogP contribution in [0.4, 0.5) is 0 Å². The zero-order chi connectivity index (χ0) is 16.5. The first-order valence-corrected chi connectivity index (χ1v) is 9.42. The van der Waals surface area contributed by atoms with Crippen molar-refractivity contribution in [2.75, 3.05) is 18.6 Å². The van der Waals surface area contributed by atoms with Crippen molar-refractivity contribution in [3.8, 4) is 0 Å². The Morgan fingerprint density at radius 3 is 2.64 bits per heavy atom. The molecule has 1 amide bonds. The molecule has 1 heterocycles. The van der Waals surface area contributed by atoms with Gasteiger partial charge in [-0.05, 0) is 38.1 Å². The molecule has 5 nitrogen and oxygen atoms in total. The molecule has 1 aromatic carbocycles. The first-order valence-electron chi connectivity index (χ1n) is 6.98. The van der Waals surface area contributed by atoms with E-state index >= 15 is 0 Å². The van der Waals surface area contributed by atoms with Gasteiger partial charge in [0.25, 0.3) is 5.91 Å². The van der Waals surface area contributed by atoms with Gasteiger partial charge in [-0.1, -0.05) is 11.6 Å². The Morgan fingerprint density at radius 1 is 1.36 bits per heavy atom. The average Bonchev–Trinajstić information content (AvgIpc) is 2.80. The van der Waals surface area contributed by atoms with Crippen LogP contribution >= 0.6 is 11.6 Å². The molecule has 0 radical (unpaired) electrons. The van der Waals surface area contributed by atoms with Crippen LogP contribution in [0.1, 0.15) is 24.3 Å². The van der Waals surface area contributed by atoms with Crippen molar-refractivity contribution in [2.45, 2.75) is 19.9 Å². The van der Waals surface area contributed by atoms with Crippen molar-refractivity contribution in [2.24, 2.45) is 0 Å². The van der Waals surface area contributed by atoms with Crippen LogP contribution in [0.2, 0.25) is 5.02 Å². The molecule has 1 unspecified atom stereocenters. The molecule has 120 valence electrons. The molecule has 0 saturated carbocycles. The van der Waals surface area contributed by atoms with Crippen molar-refractivity contribution in [3.63, 3.8) is 0 Å². The van der Waals surface area contributed by atoms with Crippen LogP contribution < -0.4 is 0 Å². The highest BCUT2D eigenvalue weighted by atomic mass is 35.5. The standard InChI is InChI=1S/C15H19ClN2O3S/c1-4-18(10(2)9-22(3,20)21)15(19)14-8-11-7-12(16)5-6-13(11)17-14/h5-8,10,17H,4,9H2,1-3H3. The first kappa shape index (κ1) is 16.8. The number of hydrogen-bond donors (Lipinski definition) is 1. The molecule has 0 fully saturated rings. The number of aromatic amines is 1. The van der Waals surface area contributed by atoms with Crippen molar-refractivity contribution >= 4 is 38.2 Å². The Bertz CT molecular complexity index is 798. The van der Waals surface area contributed by atoms with Gasteiger partial charge in [-0.15, -0.1) is 0 Å². The lowest BCUT2D eigenvalue weighted by Crippen LogP contribution is -2.42. The number of nitrogens with zero attached hydrogens (tertiary/aromatic N) is 1. The zero-order valence-corrected chi connectivity index (χ0v) is 14.3. The molecule has 0 spiro atoms. The number of sulfone groups is 1. The van der Waals surface area contributed by atoms with E-state index < -0.39 is 9.84 Å². The molecule has 7 heteroatoms. The Balaban J connectivity index is 2.30. The summed E-state index contributed by atoms with van der Waals surface area (Å²) in [4.78, 5) is 17.2. The van der Waals surface area contributed by atoms with Crippen molar-refractivity contribution in [1.82, 2.24) is 9.88 Å². The van der Waals surface area contributed by atoms with E-state index in [-0.39, 0.29) is 17.7 Å². The number of carbonyl (C=O) groups excluding carboxylic acids is 1. The normalized spacial score (nSPS) is 13.3. The summed E-state index contributed by atoms with van der Waals surface area (Å²) in [5.74, 6) is -0.274. The fourth-order valence-corrected chi connectivity index (χ4v) is 3.79. The van der Waals surface area contributed by atoms with Gasteiger partial charge in [0.1, 0.15) is 15.5 Å². The second kappa shape index (κ2) is 6.30. The Hall–Kier alpha value is -1.53. The van der Waals surface area contributed by atoms with E-state index in [4.69, 9.17) is 11.6 Å². The molecular formula is C15H19ClN2O3S. The summed E-state index contributed by atoms with van der Waals surface area (Å²) in [6.07, 6.45) is 1.17. The summed E-state index contributed by atoms with van der Waals surface area (Å²) in [7, 11) is -3.15. The van der Waals surface area contributed by atoms with Gasteiger partial charge in [0, 0.05) is 34.8 Å². The van der Waals surface area contributed by atoms with Crippen LogP contribution in [0, 0.1) is 0 Å². The Kier molecular flexibility index (Phi) is 4.82. The minimum absolute atomic E-state index is 0.0569. The number of rotatable bonds is 5. The predicted octanol–water partition coefficient (Wildman–Crippen LogP) is 2.72. The number of carbonyl (C=O) groups is 1. The minimum Gasteiger partial charge on any atom is -0.351 e. The van der Waals surface area contributed by atoms with Gasteiger partial charge >= 0.3 is 0 Å². The van der Waals surface area contributed by atoms with Gasteiger partial charge in [-0.2, -0.15) is 0 Å². The molecular weight excluding hydrogens is 324 g/mol. The van der Waals surface area contributed by atoms with Crippen LogP contribution in [-0.2, 0) is 9.84 Å². The average molecular weight is 343 g/mol. The van der Waals surface area contributed by atoms with Crippen LogP contribution in [0.25, 0.3) is 10.9 Å². The molecule has 0 saturated heterocycles. The zero-order valence-electron chi connectivity index (χ0n) is 12.8. The number of amides is 1. The molecule has 0 aliphatic rings. The fraction of sp³-hybridized carbons (Fsp3) is 0.400. The van der Waals surface area contributed by atoms with Crippen LogP contribution in [0.3, 0.4) is 0 Å². The largest absolute Gasteiger partial charge is 0.351 e. The van der Waals surface area contributed by atoms with Gasteiger partial charge < -0.3 is 9.88 Å². The SMILES string of the molecule is CCN(C(=O)c1cc2cc(Cl)ccc2[nH]1)C(C)CS(C)(=O)=O. The molecule has 2 aromatic rings. The lowest BCUT2D eigenvalue weighted by atomic mass is 10.2.